The highest BCUT2D eigenvalue weighted by atomic mass is 19.3. The monoisotopic (exact) mass is 411 g/mol. The minimum atomic E-state index is -2.73. The van der Waals surface area contributed by atoms with E-state index in [2.05, 4.69) is 39.4 Å². The Morgan fingerprint density at radius 1 is 1.27 bits per heavy atom. The fraction of sp³-hybridized carbons (Fsp3) is 0.409. The maximum Gasteiger partial charge on any atom is 0.267 e. The predicted octanol–water partition coefficient (Wildman–Crippen LogP) is 4.10. The van der Waals surface area contributed by atoms with Crippen LogP contribution in [-0.2, 0) is 5.41 Å². The summed E-state index contributed by atoms with van der Waals surface area (Å²) < 4.78 is 27.8. The van der Waals surface area contributed by atoms with Crippen LogP contribution in [0.15, 0.2) is 30.6 Å². The first-order chi connectivity index (χ1) is 14.2. The molecule has 8 heteroatoms. The van der Waals surface area contributed by atoms with Crippen molar-refractivity contribution in [3.05, 3.63) is 41.7 Å². The molecule has 1 aliphatic carbocycles. The van der Waals surface area contributed by atoms with Crippen molar-refractivity contribution in [2.24, 2.45) is 5.92 Å². The van der Waals surface area contributed by atoms with Crippen molar-refractivity contribution in [3.8, 4) is 11.1 Å². The lowest BCUT2D eigenvalue weighted by atomic mass is 9.78. The van der Waals surface area contributed by atoms with E-state index in [9.17, 15) is 13.6 Å². The molecule has 3 N–H and O–H groups in total. The van der Waals surface area contributed by atoms with E-state index in [1.165, 1.54) is 0 Å². The van der Waals surface area contributed by atoms with Gasteiger partial charge in [-0.2, -0.15) is 4.98 Å². The number of alkyl halides is 2. The molecule has 1 saturated carbocycles. The summed E-state index contributed by atoms with van der Waals surface area (Å²) in [5.74, 6) is -3.14. The fourth-order valence-electron chi connectivity index (χ4n) is 4.04. The van der Waals surface area contributed by atoms with Crippen LogP contribution in [0.4, 0.5) is 14.7 Å². The van der Waals surface area contributed by atoms with E-state index in [1.807, 2.05) is 24.4 Å². The van der Waals surface area contributed by atoms with E-state index < -0.39 is 18.4 Å². The second kappa shape index (κ2) is 6.48. The van der Waals surface area contributed by atoms with Gasteiger partial charge < -0.3 is 15.6 Å². The lowest BCUT2D eigenvalue weighted by Gasteiger charge is -2.32. The topological polar surface area (TPSA) is 82.7 Å². The minimum absolute atomic E-state index is 0.0585. The highest BCUT2D eigenvalue weighted by Gasteiger charge is 2.46. The van der Waals surface area contributed by atoms with Crippen molar-refractivity contribution in [2.45, 2.75) is 38.0 Å². The van der Waals surface area contributed by atoms with E-state index in [1.54, 1.807) is 6.20 Å². The standard InChI is InChI=1S/C22H23F2N5O/c1-21(2)10-27-19(30)14-6-3-12(7-17(14)21)15-8-25-18-16(15)9-26-20(29-18)28-11-22(23,24)13-4-5-13/h3,6-9,13H,4-5,10-11H2,1-2H3,(H,27,30)(H2,25,26,28,29). The summed E-state index contributed by atoms with van der Waals surface area (Å²) in [6.07, 6.45) is 4.63. The average molecular weight is 411 g/mol. The zero-order chi connectivity index (χ0) is 21.1. The van der Waals surface area contributed by atoms with Crippen LogP contribution < -0.4 is 10.6 Å². The molecule has 0 saturated heterocycles. The van der Waals surface area contributed by atoms with Gasteiger partial charge in [0.1, 0.15) is 5.65 Å². The molecule has 0 atom stereocenters. The number of hydrogen-bond acceptors (Lipinski definition) is 4. The maximum absolute atomic E-state index is 13.9. The Morgan fingerprint density at radius 2 is 2.07 bits per heavy atom. The smallest absolute Gasteiger partial charge is 0.267 e. The van der Waals surface area contributed by atoms with Crippen molar-refractivity contribution in [1.82, 2.24) is 20.3 Å². The van der Waals surface area contributed by atoms with Gasteiger partial charge in [0.25, 0.3) is 11.8 Å². The van der Waals surface area contributed by atoms with Gasteiger partial charge in [-0.3, -0.25) is 4.79 Å². The number of H-pyrrole nitrogens is 1. The van der Waals surface area contributed by atoms with E-state index in [4.69, 9.17) is 0 Å². The number of rotatable bonds is 5. The number of carbonyl (C=O) groups excluding carboxylic acids is 1. The number of anilines is 1. The van der Waals surface area contributed by atoms with E-state index in [-0.39, 0.29) is 17.3 Å². The Kier molecular flexibility index (Phi) is 4.10. The quantitative estimate of drug-likeness (QED) is 0.590. The molecule has 0 unspecified atom stereocenters. The number of benzene rings is 1. The first-order valence-electron chi connectivity index (χ1n) is 10.1. The van der Waals surface area contributed by atoms with Gasteiger partial charge in [-0.05, 0) is 36.1 Å². The van der Waals surface area contributed by atoms with Gasteiger partial charge in [0, 0.05) is 46.8 Å². The van der Waals surface area contributed by atoms with E-state index in [0.29, 0.717) is 30.6 Å². The Bertz CT molecular complexity index is 1150. The number of carbonyl (C=O) groups is 1. The summed E-state index contributed by atoms with van der Waals surface area (Å²) in [5, 5.41) is 6.39. The third-order valence-corrected chi connectivity index (χ3v) is 6.08. The molecule has 1 aliphatic heterocycles. The SMILES string of the molecule is CC1(C)CNC(=O)c2ccc(-c3c[nH]c4nc(NCC(F)(F)C5CC5)ncc34)cc21. The van der Waals surface area contributed by atoms with Gasteiger partial charge in [0.15, 0.2) is 0 Å². The molecular formula is C22H23F2N5O. The molecule has 6 nitrogen and oxygen atoms in total. The first kappa shape index (κ1) is 19.0. The number of aromatic nitrogens is 3. The summed E-state index contributed by atoms with van der Waals surface area (Å²) in [6, 6.07) is 5.79. The lowest BCUT2D eigenvalue weighted by molar-refractivity contribution is -0.00832. The van der Waals surface area contributed by atoms with Crippen molar-refractivity contribution >= 4 is 22.9 Å². The second-order valence-electron chi connectivity index (χ2n) is 8.87. The highest BCUT2D eigenvalue weighted by Crippen LogP contribution is 2.43. The van der Waals surface area contributed by atoms with Crippen LogP contribution in [0.2, 0.25) is 0 Å². The molecule has 0 spiro atoms. The van der Waals surface area contributed by atoms with Gasteiger partial charge in [-0.15, -0.1) is 0 Å². The van der Waals surface area contributed by atoms with Crippen LogP contribution >= 0.6 is 0 Å². The molecule has 30 heavy (non-hydrogen) atoms. The third-order valence-electron chi connectivity index (χ3n) is 6.08. The predicted molar refractivity (Wildman–Crippen MR) is 111 cm³/mol. The van der Waals surface area contributed by atoms with Gasteiger partial charge in [-0.25, -0.2) is 13.8 Å². The Balaban J connectivity index is 1.45. The molecule has 0 radical (unpaired) electrons. The van der Waals surface area contributed by atoms with Crippen LogP contribution in [-0.4, -0.2) is 39.9 Å². The van der Waals surface area contributed by atoms with Crippen molar-refractivity contribution in [2.75, 3.05) is 18.4 Å². The number of nitrogens with zero attached hydrogens (tertiary/aromatic N) is 2. The first-order valence-corrected chi connectivity index (χ1v) is 10.1. The molecule has 3 aromatic rings. The lowest BCUT2D eigenvalue weighted by Crippen LogP contribution is -2.43. The van der Waals surface area contributed by atoms with Crippen LogP contribution in [0, 0.1) is 5.92 Å². The van der Waals surface area contributed by atoms with Gasteiger partial charge in [-0.1, -0.05) is 19.9 Å². The van der Waals surface area contributed by atoms with Gasteiger partial charge in [0.05, 0.1) is 6.54 Å². The normalized spacial score (nSPS) is 18.2. The maximum atomic E-state index is 13.9. The summed E-state index contributed by atoms with van der Waals surface area (Å²) in [6.45, 7) is 4.32. The molecule has 1 fully saturated rings. The molecule has 3 heterocycles. The van der Waals surface area contributed by atoms with E-state index in [0.717, 1.165) is 22.1 Å². The van der Waals surface area contributed by atoms with Crippen LogP contribution in [0.25, 0.3) is 22.2 Å². The third kappa shape index (κ3) is 3.20. The largest absolute Gasteiger partial charge is 0.351 e. The average Bonchev–Trinajstić information content (AvgIpc) is 3.50. The minimum Gasteiger partial charge on any atom is -0.351 e. The molecule has 0 bridgehead atoms. The molecule has 1 aromatic carbocycles. The Hall–Kier alpha value is -3.03. The molecular weight excluding hydrogens is 388 g/mol. The van der Waals surface area contributed by atoms with Crippen molar-refractivity contribution in [1.29, 1.82) is 0 Å². The Labute approximate surface area is 172 Å². The summed E-state index contributed by atoms with van der Waals surface area (Å²) in [4.78, 5) is 23.9. The molecule has 156 valence electrons. The van der Waals surface area contributed by atoms with Crippen LogP contribution in [0.1, 0.15) is 42.6 Å². The van der Waals surface area contributed by atoms with Crippen molar-refractivity contribution in [3.63, 3.8) is 0 Å². The number of halogens is 2. The number of hydrogen-bond donors (Lipinski definition) is 3. The number of aromatic amines is 1. The number of nitrogens with one attached hydrogen (secondary N) is 3. The molecule has 2 aromatic heterocycles. The van der Waals surface area contributed by atoms with Gasteiger partial charge in [0.2, 0.25) is 5.95 Å². The zero-order valence-electron chi connectivity index (χ0n) is 16.9. The number of fused-ring (bicyclic) bond motifs is 2. The van der Waals surface area contributed by atoms with Crippen molar-refractivity contribution < 1.29 is 13.6 Å². The van der Waals surface area contributed by atoms with Crippen LogP contribution in [0.3, 0.4) is 0 Å². The molecule has 2 aliphatic rings. The highest BCUT2D eigenvalue weighted by molar-refractivity contribution is 5.99. The summed E-state index contributed by atoms with van der Waals surface area (Å²) >= 11 is 0. The summed E-state index contributed by atoms with van der Waals surface area (Å²) in [7, 11) is 0. The van der Waals surface area contributed by atoms with E-state index >= 15 is 0 Å². The second-order valence-corrected chi connectivity index (χ2v) is 8.87. The molecule has 1 amide bonds. The Morgan fingerprint density at radius 3 is 2.83 bits per heavy atom. The number of amides is 1. The fourth-order valence-corrected chi connectivity index (χ4v) is 4.04. The summed E-state index contributed by atoms with van der Waals surface area (Å²) in [5.41, 5.74) is 3.95. The van der Waals surface area contributed by atoms with Gasteiger partial charge >= 0.3 is 0 Å². The van der Waals surface area contributed by atoms with Crippen LogP contribution in [0.5, 0.6) is 0 Å². The molecule has 5 rings (SSSR count). The zero-order valence-corrected chi connectivity index (χ0v) is 16.9.